The highest BCUT2D eigenvalue weighted by Gasteiger charge is 2.13. The number of halogens is 2. The zero-order valence-corrected chi connectivity index (χ0v) is 19.0. The first-order chi connectivity index (χ1) is 13.8. The zero-order chi connectivity index (χ0) is 20.9. The van der Waals surface area contributed by atoms with E-state index in [1.54, 1.807) is 12.4 Å². The van der Waals surface area contributed by atoms with Gasteiger partial charge < -0.3 is 9.47 Å². The van der Waals surface area contributed by atoms with E-state index in [4.69, 9.17) is 9.47 Å². The van der Waals surface area contributed by atoms with Gasteiger partial charge in [0, 0.05) is 23.1 Å². The number of nitrogens with one attached hydrogen (secondary N) is 1. The minimum atomic E-state index is -3.52. The van der Waals surface area contributed by atoms with E-state index in [9.17, 15) is 8.42 Å². The number of hydrogen-bond acceptors (Lipinski definition) is 8. The Morgan fingerprint density at radius 1 is 0.931 bits per heavy atom. The van der Waals surface area contributed by atoms with Gasteiger partial charge in [0.1, 0.15) is 13.2 Å². The third kappa shape index (κ3) is 6.61. The Hall–Kier alpha value is -2.31. The number of benzene rings is 1. The minimum Gasteiger partial charge on any atom is -0.473 e. The largest absolute Gasteiger partial charge is 0.473 e. The molecule has 152 valence electrons. The van der Waals surface area contributed by atoms with Crippen molar-refractivity contribution < 1.29 is 17.9 Å². The van der Waals surface area contributed by atoms with E-state index in [1.807, 2.05) is 24.3 Å². The minimum absolute atomic E-state index is 0.0828. The van der Waals surface area contributed by atoms with Crippen molar-refractivity contribution in [2.75, 3.05) is 24.2 Å². The van der Waals surface area contributed by atoms with Crippen LogP contribution in [0.25, 0.3) is 11.1 Å². The second-order valence-corrected chi connectivity index (χ2v) is 9.25. The molecule has 0 radical (unpaired) electrons. The summed E-state index contributed by atoms with van der Waals surface area (Å²) in [5, 5.41) is 0. The quantitative estimate of drug-likeness (QED) is 0.429. The van der Waals surface area contributed by atoms with Crippen molar-refractivity contribution in [3.05, 3.63) is 51.8 Å². The molecular formula is C17H15Br2N5O4S. The predicted octanol–water partition coefficient (Wildman–Crippen LogP) is 3.29. The Bertz CT molecular complexity index is 1080. The first-order valence-corrected chi connectivity index (χ1v) is 11.6. The van der Waals surface area contributed by atoms with Gasteiger partial charge in [0.2, 0.25) is 21.9 Å². The summed E-state index contributed by atoms with van der Waals surface area (Å²) >= 11 is 6.64. The number of nitrogens with zero attached hydrogens (tertiary/aromatic N) is 4. The van der Waals surface area contributed by atoms with E-state index < -0.39 is 10.0 Å². The second kappa shape index (κ2) is 9.46. The van der Waals surface area contributed by atoms with Crippen LogP contribution in [-0.4, -0.2) is 47.8 Å². The van der Waals surface area contributed by atoms with E-state index in [0.717, 1.165) is 20.8 Å². The summed E-state index contributed by atoms with van der Waals surface area (Å²) in [7, 11) is -3.52. The van der Waals surface area contributed by atoms with E-state index in [-0.39, 0.29) is 31.1 Å². The Labute approximate surface area is 184 Å². The third-order valence-corrected chi connectivity index (χ3v) is 4.83. The fraction of sp³-hybridized carbons (Fsp3) is 0.176. The summed E-state index contributed by atoms with van der Waals surface area (Å²) in [5.41, 5.74) is 1.42. The van der Waals surface area contributed by atoms with Crippen LogP contribution in [0, 0.1) is 0 Å². The molecule has 12 heteroatoms. The van der Waals surface area contributed by atoms with Gasteiger partial charge in [-0.25, -0.2) is 23.4 Å². The molecule has 0 spiro atoms. The fourth-order valence-corrected chi connectivity index (χ4v) is 3.06. The fourth-order valence-electron chi connectivity index (χ4n) is 2.16. The average Bonchev–Trinajstić information content (AvgIpc) is 2.66. The molecule has 0 fully saturated rings. The van der Waals surface area contributed by atoms with Crippen LogP contribution in [0.3, 0.4) is 0 Å². The summed E-state index contributed by atoms with van der Waals surface area (Å²) in [5.74, 6) is 0.134. The number of ether oxygens (including phenoxy) is 2. The van der Waals surface area contributed by atoms with E-state index in [1.165, 1.54) is 6.20 Å². The normalized spacial score (nSPS) is 11.1. The summed E-state index contributed by atoms with van der Waals surface area (Å²) in [6, 6.07) is 7.69. The molecule has 3 aromatic rings. The van der Waals surface area contributed by atoms with Gasteiger partial charge in [-0.1, -0.05) is 28.1 Å². The smallest absolute Gasteiger partial charge is 0.316 e. The zero-order valence-electron chi connectivity index (χ0n) is 15.0. The van der Waals surface area contributed by atoms with Crippen molar-refractivity contribution in [3.8, 4) is 23.0 Å². The number of sulfonamides is 1. The summed E-state index contributed by atoms with van der Waals surface area (Å²) in [4.78, 5) is 16.3. The lowest BCUT2D eigenvalue weighted by Gasteiger charge is -2.12. The Kier molecular flexibility index (Phi) is 6.98. The van der Waals surface area contributed by atoms with Gasteiger partial charge in [-0.15, -0.1) is 0 Å². The Balaban J connectivity index is 1.76. The van der Waals surface area contributed by atoms with Crippen molar-refractivity contribution in [1.82, 2.24) is 19.9 Å². The van der Waals surface area contributed by atoms with Crippen molar-refractivity contribution in [2.45, 2.75) is 0 Å². The maximum Gasteiger partial charge on any atom is 0.316 e. The molecule has 1 N–H and O–H groups in total. The van der Waals surface area contributed by atoms with Crippen LogP contribution in [0.15, 0.2) is 51.8 Å². The molecule has 0 unspecified atom stereocenters. The van der Waals surface area contributed by atoms with Crippen LogP contribution in [0.2, 0.25) is 0 Å². The van der Waals surface area contributed by atoms with E-state index in [2.05, 4.69) is 56.5 Å². The third-order valence-electron chi connectivity index (χ3n) is 3.34. The molecule has 1 aromatic carbocycles. The van der Waals surface area contributed by atoms with Gasteiger partial charge >= 0.3 is 6.01 Å². The predicted molar refractivity (Wildman–Crippen MR) is 114 cm³/mol. The van der Waals surface area contributed by atoms with Gasteiger partial charge in [-0.05, 0) is 33.6 Å². The van der Waals surface area contributed by atoms with Gasteiger partial charge in [-0.2, -0.15) is 4.98 Å². The molecule has 3 rings (SSSR count). The van der Waals surface area contributed by atoms with Gasteiger partial charge in [0.05, 0.1) is 16.3 Å². The van der Waals surface area contributed by atoms with E-state index in [0.29, 0.717) is 5.56 Å². The molecule has 0 saturated carbocycles. The van der Waals surface area contributed by atoms with Crippen molar-refractivity contribution in [2.24, 2.45) is 0 Å². The molecule has 9 nitrogen and oxygen atoms in total. The summed E-state index contributed by atoms with van der Waals surface area (Å²) in [6.45, 7) is 0.304. The number of rotatable bonds is 8. The molecule has 0 bridgehead atoms. The standard InChI is InChI=1S/C17H15Br2N5O4S/c1-29(25,26)24-16-20-10-14(11-2-4-12(18)5-3-11)15(23-16)27-6-7-28-17-21-8-13(19)9-22-17/h2-5,8-10H,6-7H2,1H3,(H,20,23,24). The highest BCUT2D eigenvalue weighted by molar-refractivity contribution is 9.10. The first-order valence-electron chi connectivity index (χ1n) is 8.14. The molecule has 0 saturated heterocycles. The van der Waals surface area contributed by atoms with Crippen molar-refractivity contribution in [1.29, 1.82) is 0 Å². The first kappa shape index (κ1) is 21.4. The lowest BCUT2D eigenvalue weighted by atomic mass is 10.1. The van der Waals surface area contributed by atoms with Gasteiger partial charge in [0.15, 0.2) is 0 Å². The summed E-state index contributed by atoms with van der Waals surface area (Å²) < 4.78 is 38.0. The molecule has 0 atom stereocenters. The molecule has 29 heavy (non-hydrogen) atoms. The molecule has 0 aliphatic carbocycles. The molecule has 2 aromatic heterocycles. The second-order valence-electron chi connectivity index (χ2n) is 5.67. The van der Waals surface area contributed by atoms with Crippen molar-refractivity contribution in [3.63, 3.8) is 0 Å². The molecular weight excluding hydrogens is 530 g/mol. The maximum absolute atomic E-state index is 11.5. The monoisotopic (exact) mass is 543 g/mol. The average molecular weight is 545 g/mol. The van der Waals surface area contributed by atoms with Gasteiger partial charge in [-0.3, -0.25) is 4.72 Å². The topological polar surface area (TPSA) is 116 Å². The molecule has 0 aliphatic rings. The maximum atomic E-state index is 11.5. The van der Waals surface area contributed by atoms with E-state index >= 15 is 0 Å². The lowest BCUT2D eigenvalue weighted by molar-refractivity contribution is 0.202. The Morgan fingerprint density at radius 3 is 2.24 bits per heavy atom. The molecule has 0 amide bonds. The Morgan fingerprint density at radius 2 is 1.59 bits per heavy atom. The number of anilines is 1. The SMILES string of the molecule is CS(=O)(=O)Nc1ncc(-c2ccc(Br)cc2)c(OCCOc2ncc(Br)cn2)n1. The highest BCUT2D eigenvalue weighted by atomic mass is 79.9. The number of aromatic nitrogens is 4. The lowest BCUT2D eigenvalue weighted by Crippen LogP contribution is -2.15. The van der Waals surface area contributed by atoms with Crippen LogP contribution < -0.4 is 14.2 Å². The summed E-state index contributed by atoms with van der Waals surface area (Å²) in [6.07, 6.45) is 5.66. The molecule has 0 aliphatic heterocycles. The van der Waals surface area contributed by atoms with Crippen LogP contribution >= 0.6 is 31.9 Å². The highest BCUT2D eigenvalue weighted by Crippen LogP contribution is 2.29. The van der Waals surface area contributed by atoms with Crippen LogP contribution in [-0.2, 0) is 10.0 Å². The van der Waals surface area contributed by atoms with Crippen LogP contribution in [0.5, 0.6) is 11.9 Å². The van der Waals surface area contributed by atoms with Crippen LogP contribution in [0.1, 0.15) is 0 Å². The molecule has 2 heterocycles. The van der Waals surface area contributed by atoms with Crippen LogP contribution in [0.4, 0.5) is 5.95 Å². The number of hydrogen-bond donors (Lipinski definition) is 1. The van der Waals surface area contributed by atoms with Gasteiger partial charge in [0.25, 0.3) is 0 Å². The van der Waals surface area contributed by atoms with Crippen molar-refractivity contribution >= 4 is 47.8 Å².